The van der Waals surface area contributed by atoms with Crippen molar-refractivity contribution in [2.75, 3.05) is 4.90 Å². The standard InChI is InChI=1S/C16H7Cl3FNO2/c17-8-4-5-11(12(18)6-8)13-14(19)16(23)21(15(13)22)10-3-1-2-9(20)7-10/h1-7H. The van der Waals surface area contributed by atoms with E-state index in [0.29, 0.717) is 10.6 Å². The van der Waals surface area contributed by atoms with Gasteiger partial charge in [0.1, 0.15) is 10.8 Å². The third-order valence-electron chi connectivity index (χ3n) is 3.29. The van der Waals surface area contributed by atoms with Gasteiger partial charge < -0.3 is 0 Å². The number of carbonyl (C=O) groups excluding carboxylic acids is 2. The first-order valence-electron chi connectivity index (χ1n) is 6.39. The molecule has 1 aliphatic rings. The minimum atomic E-state index is -0.733. The first kappa shape index (κ1) is 16.0. The van der Waals surface area contributed by atoms with Crippen LogP contribution in [0, 0.1) is 5.82 Å². The molecule has 0 radical (unpaired) electrons. The van der Waals surface area contributed by atoms with Crippen molar-refractivity contribution in [2.24, 2.45) is 0 Å². The molecule has 0 bridgehead atoms. The summed E-state index contributed by atoms with van der Waals surface area (Å²) >= 11 is 18.0. The molecule has 0 unspecified atom stereocenters. The second-order valence-corrected chi connectivity index (χ2v) is 5.96. The average Bonchev–Trinajstić information content (AvgIpc) is 2.70. The molecule has 2 aromatic carbocycles. The SMILES string of the molecule is O=C1C(Cl)=C(c2ccc(Cl)cc2Cl)C(=O)N1c1cccc(F)c1. The lowest BCUT2D eigenvalue weighted by Gasteiger charge is -2.15. The highest BCUT2D eigenvalue weighted by Gasteiger charge is 2.40. The molecule has 0 saturated heterocycles. The fourth-order valence-corrected chi connectivity index (χ4v) is 3.05. The van der Waals surface area contributed by atoms with E-state index in [0.717, 1.165) is 11.0 Å². The van der Waals surface area contributed by atoms with Gasteiger partial charge in [0.05, 0.1) is 16.3 Å². The van der Waals surface area contributed by atoms with Crippen LogP contribution >= 0.6 is 34.8 Å². The number of nitrogens with zero attached hydrogens (tertiary/aromatic N) is 1. The molecule has 0 aliphatic carbocycles. The Morgan fingerprint density at radius 3 is 2.30 bits per heavy atom. The Morgan fingerprint density at radius 2 is 1.65 bits per heavy atom. The molecule has 23 heavy (non-hydrogen) atoms. The fourth-order valence-electron chi connectivity index (χ4n) is 2.28. The van der Waals surface area contributed by atoms with Gasteiger partial charge in [-0.25, -0.2) is 9.29 Å². The van der Waals surface area contributed by atoms with E-state index in [1.54, 1.807) is 0 Å². The quantitative estimate of drug-likeness (QED) is 0.721. The molecule has 0 N–H and O–H groups in total. The molecular weight excluding hydrogens is 364 g/mol. The van der Waals surface area contributed by atoms with Gasteiger partial charge in [-0.3, -0.25) is 9.59 Å². The van der Waals surface area contributed by atoms with Crippen molar-refractivity contribution in [2.45, 2.75) is 0 Å². The fraction of sp³-hybridized carbons (Fsp3) is 0. The Bertz CT molecular complexity index is 879. The zero-order valence-electron chi connectivity index (χ0n) is 11.3. The summed E-state index contributed by atoms with van der Waals surface area (Å²) in [6.45, 7) is 0. The molecule has 116 valence electrons. The maximum atomic E-state index is 13.4. The zero-order valence-corrected chi connectivity index (χ0v) is 13.6. The minimum absolute atomic E-state index is 0.0393. The minimum Gasteiger partial charge on any atom is -0.268 e. The number of hydrogen-bond donors (Lipinski definition) is 0. The molecule has 1 heterocycles. The Balaban J connectivity index is 2.10. The molecule has 3 nitrogen and oxygen atoms in total. The predicted octanol–water partition coefficient (Wildman–Crippen LogP) is 4.66. The van der Waals surface area contributed by atoms with E-state index in [1.807, 2.05) is 0 Å². The van der Waals surface area contributed by atoms with Gasteiger partial charge >= 0.3 is 0 Å². The van der Waals surface area contributed by atoms with Crippen molar-refractivity contribution in [3.8, 4) is 0 Å². The van der Waals surface area contributed by atoms with Gasteiger partial charge in [0.15, 0.2) is 0 Å². The maximum Gasteiger partial charge on any atom is 0.277 e. The van der Waals surface area contributed by atoms with Crippen molar-refractivity contribution in [1.82, 2.24) is 0 Å². The van der Waals surface area contributed by atoms with Gasteiger partial charge in [0.2, 0.25) is 0 Å². The van der Waals surface area contributed by atoms with Gasteiger partial charge in [0.25, 0.3) is 11.8 Å². The summed E-state index contributed by atoms with van der Waals surface area (Å²) in [7, 11) is 0. The second kappa shape index (κ2) is 5.96. The first-order chi connectivity index (χ1) is 10.9. The average molecular weight is 371 g/mol. The second-order valence-electron chi connectivity index (χ2n) is 4.74. The smallest absolute Gasteiger partial charge is 0.268 e. The van der Waals surface area contributed by atoms with Crippen LogP contribution in [0.3, 0.4) is 0 Å². The largest absolute Gasteiger partial charge is 0.277 e. The Hall–Kier alpha value is -1.88. The Morgan fingerprint density at radius 1 is 0.913 bits per heavy atom. The van der Waals surface area contributed by atoms with Crippen LogP contribution in [-0.4, -0.2) is 11.8 Å². The van der Waals surface area contributed by atoms with E-state index in [9.17, 15) is 14.0 Å². The zero-order chi connectivity index (χ0) is 16.7. The predicted molar refractivity (Wildman–Crippen MR) is 88.1 cm³/mol. The van der Waals surface area contributed by atoms with Crippen LogP contribution in [0.1, 0.15) is 5.56 Å². The summed E-state index contributed by atoms with van der Waals surface area (Å²) in [6, 6.07) is 9.60. The maximum absolute atomic E-state index is 13.4. The molecule has 0 saturated carbocycles. The van der Waals surface area contributed by atoms with Crippen molar-refractivity contribution in [3.05, 3.63) is 68.9 Å². The van der Waals surface area contributed by atoms with E-state index >= 15 is 0 Å². The highest BCUT2D eigenvalue weighted by molar-refractivity contribution is 6.60. The number of halogens is 4. The third kappa shape index (κ3) is 2.74. The lowest BCUT2D eigenvalue weighted by molar-refractivity contribution is -0.119. The van der Waals surface area contributed by atoms with E-state index in [-0.39, 0.29) is 21.3 Å². The van der Waals surface area contributed by atoms with E-state index in [2.05, 4.69) is 0 Å². The molecule has 2 aromatic rings. The van der Waals surface area contributed by atoms with Gasteiger partial charge in [-0.2, -0.15) is 0 Å². The number of amides is 2. The number of anilines is 1. The van der Waals surface area contributed by atoms with Crippen molar-refractivity contribution in [3.63, 3.8) is 0 Å². The van der Waals surface area contributed by atoms with Crippen LogP contribution in [0.4, 0.5) is 10.1 Å². The molecular formula is C16H7Cl3FNO2. The van der Waals surface area contributed by atoms with Crippen molar-refractivity contribution < 1.29 is 14.0 Å². The summed E-state index contributed by atoms with van der Waals surface area (Å²) in [5, 5.41) is 0.297. The van der Waals surface area contributed by atoms with Crippen LogP contribution in [0.15, 0.2) is 47.5 Å². The molecule has 0 aromatic heterocycles. The summed E-state index contributed by atoms with van der Waals surface area (Å²) in [4.78, 5) is 25.7. The van der Waals surface area contributed by atoms with Crippen LogP contribution in [0.2, 0.25) is 10.0 Å². The first-order valence-corrected chi connectivity index (χ1v) is 7.53. The number of rotatable bonds is 2. The van der Waals surface area contributed by atoms with Crippen LogP contribution in [-0.2, 0) is 9.59 Å². The lowest BCUT2D eigenvalue weighted by atomic mass is 10.1. The van der Waals surface area contributed by atoms with Gasteiger partial charge in [-0.1, -0.05) is 46.9 Å². The molecule has 1 aliphatic heterocycles. The van der Waals surface area contributed by atoms with Crippen molar-refractivity contribution in [1.29, 1.82) is 0 Å². The number of carbonyl (C=O) groups is 2. The monoisotopic (exact) mass is 369 g/mol. The number of benzene rings is 2. The third-order valence-corrected chi connectivity index (χ3v) is 4.19. The molecule has 0 atom stereocenters. The molecule has 2 amide bonds. The highest BCUT2D eigenvalue weighted by atomic mass is 35.5. The van der Waals surface area contributed by atoms with Crippen LogP contribution in [0.5, 0.6) is 0 Å². The van der Waals surface area contributed by atoms with E-state index in [1.165, 1.54) is 36.4 Å². The molecule has 0 spiro atoms. The summed E-state index contributed by atoms with van der Waals surface area (Å²) in [5.74, 6) is -1.98. The molecule has 3 rings (SSSR count). The molecule has 0 fully saturated rings. The normalized spacial score (nSPS) is 14.9. The lowest BCUT2D eigenvalue weighted by Crippen LogP contribution is -2.31. The van der Waals surface area contributed by atoms with E-state index < -0.39 is 17.6 Å². The number of imide groups is 1. The summed E-state index contributed by atoms with van der Waals surface area (Å²) in [5.41, 5.74) is 0.346. The van der Waals surface area contributed by atoms with Gasteiger partial charge in [-0.05, 0) is 30.3 Å². The topological polar surface area (TPSA) is 37.4 Å². The summed E-state index contributed by atoms with van der Waals surface area (Å²) in [6.07, 6.45) is 0. The van der Waals surface area contributed by atoms with Crippen LogP contribution in [0.25, 0.3) is 5.57 Å². The van der Waals surface area contributed by atoms with Gasteiger partial charge in [-0.15, -0.1) is 0 Å². The van der Waals surface area contributed by atoms with Crippen LogP contribution < -0.4 is 4.90 Å². The Labute approximate surface area is 145 Å². The summed E-state index contributed by atoms with van der Waals surface area (Å²) < 4.78 is 13.4. The van der Waals surface area contributed by atoms with E-state index in [4.69, 9.17) is 34.8 Å². The van der Waals surface area contributed by atoms with Gasteiger partial charge in [0, 0.05) is 10.6 Å². The molecule has 7 heteroatoms. The Kier molecular flexibility index (Phi) is 4.15. The number of hydrogen-bond acceptors (Lipinski definition) is 2. The van der Waals surface area contributed by atoms with Crippen molar-refractivity contribution >= 4 is 57.9 Å². The highest BCUT2D eigenvalue weighted by Crippen LogP contribution is 2.38.